The number of alkyl halides is 2. The van der Waals surface area contributed by atoms with Gasteiger partial charge in [0.1, 0.15) is 11.5 Å². The lowest BCUT2D eigenvalue weighted by Gasteiger charge is -2.27. The summed E-state index contributed by atoms with van der Waals surface area (Å²) in [6, 6.07) is 10.1. The third kappa shape index (κ3) is 1.96. The van der Waals surface area contributed by atoms with Gasteiger partial charge in [-0.2, -0.15) is 0 Å². The summed E-state index contributed by atoms with van der Waals surface area (Å²) in [6.45, 7) is 0. The Morgan fingerprint density at radius 1 is 1.21 bits per heavy atom. The molecule has 0 amide bonds. The first-order valence-corrected chi connectivity index (χ1v) is 5.99. The van der Waals surface area contributed by atoms with E-state index in [9.17, 15) is 8.78 Å². The van der Waals surface area contributed by atoms with E-state index in [1.165, 1.54) is 6.07 Å². The van der Waals surface area contributed by atoms with E-state index >= 15 is 0 Å². The van der Waals surface area contributed by atoms with Crippen LogP contribution < -0.4 is 11.1 Å². The predicted molar refractivity (Wildman–Crippen MR) is 68.8 cm³/mol. The molecule has 0 aliphatic carbocycles. The van der Waals surface area contributed by atoms with Gasteiger partial charge >= 0.3 is 0 Å². The molecule has 1 atom stereocenters. The van der Waals surface area contributed by atoms with Gasteiger partial charge in [0.2, 0.25) is 0 Å². The lowest BCUT2D eigenvalue weighted by molar-refractivity contribution is 0.148. The van der Waals surface area contributed by atoms with Crippen LogP contribution in [0.4, 0.5) is 14.6 Å². The number of halogens is 2. The molecular formula is C14H13F2N3. The lowest BCUT2D eigenvalue weighted by atomic mass is 9.92. The summed E-state index contributed by atoms with van der Waals surface area (Å²) >= 11 is 0. The molecular weight excluding hydrogens is 248 g/mol. The standard InChI is InChI=1S/C14H13F2N3/c15-12(16)10-5-1-2-6-11(10)14(17)8-9-4-3-7-18-13(9)19-14/h1-7,12H,8,17H2,(H,18,19). The monoisotopic (exact) mass is 261 g/mol. The van der Waals surface area contributed by atoms with Crippen LogP contribution in [0.3, 0.4) is 0 Å². The first-order chi connectivity index (χ1) is 9.10. The molecule has 0 saturated heterocycles. The SMILES string of the molecule is NC1(c2ccccc2C(F)F)Cc2cccnc2N1. The van der Waals surface area contributed by atoms with Crippen molar-refractivity contribution in [1.82, 2.24) is 4.98 Å². The highest BCUT2D eigenvalue weighted by Crippen LogP contribution is 2.37. The zero-order chi connectivity index (χ0) is 13.5. The van der Waals surface area contributed by atoms with Crippen molar-refractivity contribution in [2.45, 2.75) is 18.5 Å². The van der Waals surface area contributed by atoms with Crippen molar-refractivity contribution in [2.75, 3.05) is 5.32 Å². The second-order valence-corrected chi connectivity index (χ2v) is 4.67. The maximum atomic E-state index is 13.1. The number of rotatable bonds is 2. The van der Waals surface area contributed by atoms with Gasteiger partial charge in [-0.1, -0.05) is 30.3 Å². The van der Waals surface area contributed by atoms with E-state index in [0.717, 1.165) is 5.56 Å². The number of nitrogens with one attached hydrogen (secondary N) is 1. The van der Waals surface area contributed by atoms with Crippen LogP contribution in [-0.4, -0.2) is 4.98 Å². The van der Waals surface area contributed by atoms with Crippen LogP contribution in [0.1, 0.15) is 23.1 Å². The normalized spacial score (nSPS) is 21.3. The van der Waals surface area contributed by atoms with Gasteiger partial charge in [0.15, 0.2) is 0 Å². The minimum Gasteiger partial charge on any atom is -0.348 e. The molecule has 3 nitrogen and oxygen atoms in total. The summed E-state index contributed by atoms with van der Waals surface area (Å²) in [5.41, 5.74) is 6.58. The van der Waals surface area contributed by atoms with Gasteiger partial charge < -0.3 is 11.1 Å². The van der Waals surface area contributed by atoms with Gasteiger partial charge in [0.05, 0.1) is 0 Å². The summed E-state index contributed by atoms with van der Waals surface area (Å²) in [6.07, 6.45) is -0.452. The highest BCUT2D eigenvalue weighted by atomic mass is 19.3. The molecule has 1 aliphatic heterocycles. The third-order valence-corrected chi connectivity index (χ3v) is 3.38. The Balaban J connectivity index is 2.05. The highest BCUT2D eigenvalue weighted by Gasteiger charge is 2.37. The summed E-state index contributed by atoms with van der Waals surface area (Å²) in [5.74, 6) is 0.661. The predicted octanol–water partition coefficient (Wildman–Crippen LogP) is 2.80. The molecule has 1 aliphatic rings. The second kappa shape index (κ2) is 4.28. The van der Waals surface area contributed by atoms with Gasteiger partial charge in [0.25, 0.3) is 6.43 Å². The molecule has 2 heterocycles. The van der Waals surface area contributed by atoms with Crippen LogP contribution in [0.15, 0.2) is 42.6 Å². The average Bonchev–Trinajstić information content (AvgIpc) is 2.76. The average molecular weight is 261 g/mol. The molecule has 1 aromatic heterocycles. The van der Waals surface area contributed by atoms with E-state index in [1.54, 1.807) is 24.4 Å². The number of nitrogens with two attached hydrogens (primary N) is 1. The maximum Gasteiger partial charge on any atom is 0.264 e. The summed E-state index contributed by atoms with van der Waals surface area (Å²) in [4.78, 5) is 4.18. The molecule has 0 saturated carbocycles. The van der Waals surface area contributed by atoms with E-state index in [4.69, 9.17) is 5.73 Å². The van der Waals surface area contributed by atoms with Crippen molar-refractivity contribution in [2.24, 2.45) is 5.73 Å². The second-order valence-electron chi connectivity index (χ2n) is 4.67. The fourth-order valence-electron chi connectivity index (χ4n) is 2.51. The van der Waals surface area contributed by atoms with Crippen molar-refractivity contribution in [3.63, 3.8) is 0 Å². The minimum atomic E-state index is -2.55. The molecule has 1 unspecified atom stereocenters. The number of hydrogen-bond donors (Lipinski definition) is 2. The molecule has 0 bridgehead atoms. The Kier molecular flexibility index (Phi) is 2.71. The molecule has 0 spiro atoms. The number of pyridine rings is 1. The van der Waals surface area contributed by atoms with Gasteiger partial charge in [-0.15, -0.1) is 0 Å². The Bertz CT molecular complexity index is 588. The Morgan fingerprint density at radius 3 is 2.74 bits per heavy atom. The molecule has 98 valence electrons. The van der Waals surface area contributed by atoms with Gasteiger partial charge in [0, 0.05) is 23.7 Å². The van der Waals surface area contributed by atoms with Crippen LogP contribution in [0.5, 0.6) is 0 Å². The molecule has 2 aromatic rings. The molecule has 19 heavy (non-hydrogen) atoms. The van der Waals surface area contributed by atoms with Gasteiger partial charge in [-0.05, 0) is 11.6 Å². The van der Waals surface area contributed by atoms with E-state index in [2.05, 4.69) is 10.3 Å². The maximum absolute atomic E-state index is 13.1. The Hall–Kier alpha value is -2.01. The molecule has 0 radical (unpaired) electrons. The van der Waals surface area contributed by atoms with Gasteiger partial charge in [-0.3, -0.25) is 0 Å². The van der Waals surface area contributed by atoms with E-state index in [0.29, 0.717) is 17.8 Å². The smallest absolute Gasteiger partial charge is 0.264 e. The van der Waals surface area contributed by atoms with Crippen molar-refractivity contribution >= 4 is 5.82 Å². The van der Waals surface area contributed by atoms with Crippen molar-refractivity contribution in [3.8, 4) is 0 Å². The van der Waals surface area contributed by atoms with Crippen LogP contribution in [-0.2, 0) is 12.1 Å². The summed E-state index contributed by atoms with van der Waals surface area (Å²) in [7, 11) is 0. The molecule has 3 N–H and O–H groups in total. The van der Waals surface area contributed by atoms with Crippen LogP contribution in [0.2, 0.25) is 0 Å². The fourth-order valence-corrected chi connectivity index (χ4v) is 2.51. The number of benzene rings is 1. The van der Waals surface area contributed by atoms with E-state index < -0.39 is 12.1 Å². The Labute approximate surface area is 109 Å². The fraction of sp³-hybridized carbons (Fsp3) is 0.214. The molecule has 1 aromatic carbocycles. The quantitative estimate of drug-likeness (QED) is 0.874. The van der Waals surface area contributed by atoms with Crippen molar-refractivity contribution < 1.29 is 8.78 Å². The topological polar surface area (TPSA) is 50.9 Å². The third-order valence-electron chi connectivity index (χ3n) is 3.38. The minimum absolute atomic E-state index is 0.0368. The molecule has 3 rings (SSSR count). The van der Waals surface area contributed by atoms with Gasteiger partial charge in [-0.25, -0.2) is 13.8 Å². The van der Waals surface area contributed by atoms with Crippen molar-refractivity contribution in [1.29, 1.82) is 0 Å². The number of nitrogens with zero attached hydrogens (tertiary/aromatic N) is 1. The van der Waals surface area contributed by atoms with Crippen molar-refractivity contribution in [3.05, 3.63) is 59.3 Å². The van der Waals surface area contributed by atoms with E-state index in [1.807, 2.05) is 12.1 Å². The summed E-state index contributed by atoms with van der Waals surface area (Å²) < 4.78 is 26.2. The number of hydrogen-bond acceptors (Lipinski definition) is 3. The summed E-state index contributed by atoms with van der Waals surface area (Å²) in [5, 5.41) is 3.06. The number of aromatic nitrogens is 1. The Morgan fingerprint density at radius 2 is 2.00 bits per heavy atom. The molecule has 0 fully saturated rings. The first-order valence-electron chi connectivity index (χ1n) is 5.99. The number of fused-ring (bicyclic) bond motifs is 1. The van der Waals surface area contributed by atoms with Crippen LogP contribution >= 0.6 is 0 Å². The van der Waals surface area contributed by atoms with Crippen LogP contribution in [0.25, 0.3) is 0 Å². The largest absolute Gasteiger partial charge is 0.348 e. The van der Waals surface area contributed by atoms with Crippen LogP contribution in [0, 0.1) is 0 Å². The van der Waals surface area contributed by atoms with E-state index in [-0.39, 0.29) is 5.56 Å². The zero-order valence-electron chi connectivity index (χ0n) is 10.1. The lowest BCUT2D eigenvalue weighted by Crippen LogP contribution is -2.43. The first kappa shape index (κ1) is 12.0. The number of anilines is 1. The highest BCUT2D eigenvalue weighted by molar-refractivity contribution is 5.56. The molecule has 5 heteroatoms. The zero-order valence-corrected chi connectivity index (χ0v) is 10.1.